The van der Waals surface area contributed by atoms with Gasteiger partial charge in [-0.3, -0.25) is 4.79 Å². The number of hydrogen-bond acceptors (Lipinski definition) is 5. The van der Waals surface area contributed by atoms with Gasteiger partial charge in [-0.15, -0.1) is 0 Å². The maximum Gasteiger partial charge on any atom is 0.416 e. The summed E-state index contributed by atoms with van der Waals surface area (Å²) in [5.74, 6) is 0.298. The molecule has 0 saturated carbocycles. The molecule has 3 heterocycles. The Bertz CT molecular complexity index is 1330. The molecule has 2 aliphatic rings. The second-order valence-electron chi connectivity index (χ2n) is 8.04. The molecule has 0 radical (unpaired) electrons. The Labute approximate surface area is 208 Å². The number of hydrogen-bond donors (Lipinski definition) is 0. The molecule has 35 heavy (non-hydrogen) atoms. The number of rotatable bonds is 3. The molecule has 5 rings (SSSR count). The molecule has 2 aliphatic heterocycles. The zero-order valence-corrected chi connectivity index (χ0v) is 19.8. The van der Waals surface area contributed by atoms with E-state index in [-0.39, 0.29) is 11.7 Å². The van der Waals surface area contributed by atoms with E-state index in [0.717, 1.165) is 30.9 Å². The highest BCUT2D eigenvalue weighted by atomic mass is 35.5. The average molecular weight is 518 g/mol. The number of alkyl halides is 3. The number of piperazine rings is 1. The van der Waals surface area contributed by atoms with Crippen LogP contribution in [0.2, 0.25) is 5.02 Å². The third-order valence-electron chi connectivity index (χ3n) is 5.71. The van der Waals surface area contributed by atoms with Crippen molar-refractivity contribution in [3.8, 4) is 11.3 Å². The standard InChI is InChI=1S/C25H19ClF3N3O2S/c26-18-5-2-6-19(14-18)31-9-11-32(12-10-31)24-30-23(33)22(35-24)15-20-7-8-21(34-20)16-3-1-4-17(13-16)25(27,28)29/h1-8,13-15H,9-12H2. The second kappa shape index (κ2) is 9.47. The normalized spacial score (nSPS) is 17.9. The summed E-state index contributed by atoms with van der Waals surface area (Å²) in [6, 6.07) is 15.8. The third kappa shape index (κ3) is 5.26. The van der Waals surface area contributed by atoms with Gasteiger partial charge in [-0.25, -0.2) is 0 Å². The Kier molecular flexibility index (Phi) is 6.37. The van der Waals surface area contributed by atoms with E-state index in [1.54, 1.807) is 24.3 Å². The van der Waals surface area contributed by atoms with Crippen LogP contribution in [0.4, 0.5) is 18.9 Å². The van der Waals surface area contributed by atoms with Crippen LogP contribution >= 0.6 is 23.4 Å². The van der Waals surface area contributed by atoms with Gasteiger partial charge in [0.25, 0.3) is 5.91 Å². The number of carbonyl (C=O) groups excluding carboxylic acids is 1. The van der Waals surface area contributed by atoms with Gasteiger partial charge in [-0.2, -0.15) is 18.2 Å². The van der Waals surface area contributed by atoms with Crippen LogP contribution < -0.4 is 4.90 Å². The minimum atomic E-state index is -4.44. The van der Waals surface area contributed by atoms with Gasteiger partial charge >= 0.3 is 6.18 Å². The van der Waals surface area contributed by atoms with Gasteiger partial charge in [0.15, 0.2) is 5.17 Å². The molecule has 0 spiro atoms. The number of nitrogens with zero attached hydrogens (tertiary/aromatic N) is 3. The van der Waals surface area contributed by atoms with Crippen molar-refractivity contribution in [2.75, 3.05) is 31.1 Å². The quantitative estimate of drug-likeness (QED) is 0.376. The van der Waals surface area contributed by atoms with E-state index >= 15 is 0 Å². The van der Waals surface area contributed by atoms with Gasteiger partial charge in [0.05, 0.1) is 10.5 Å². The first kappa shape index (κ1) is 23.6. The highest BCUT2D eigenvalue weighted by molar-refractivity contribution is 8.18. The topological polar surface area (TPSA) is 49.1 Å². The molecule has 0 N–H and O–H groups in total. The van der Waals surface area contributed by atoms with Crippen LogP contribution in [0.25, 0.3) is 17.4 Å². The lowest BCUT2D eigenvalue weighted by Gasteiger charge is -2.36. The third-order valence-corrected chi connectivity index (χ3v) is 6.99. The summed E-state index contributed by atoms with van der Waals surface area (Å²) >= 11 is 7.37. The zero-order chi connectivity index (χ0) is 24.6. The lowest BCUT2D eigenvalue weighted by molar-refractivity contribution is -0.137. The van der Waals surface area contributed by atoms with Gasteiger partial charge in [-0.1, -0.05) is 29.8 Å². The van der Waals surface area contributed by atoms with Gasteiger partial charge in [-0.05, 0) is 54.2 Å². The molecular weight excluding hydrogens is 499 g/mol. The second-order valence-corrected chi connectivity index (χ2v) is 9.49. The maximum absolute atomic E-state index is 13.0. The van der Waals surface area contributed by atoms with Crippen LogP contribution in [0.15, 0.2) is 75.0 Å². The predicted octanol–water partition coefficient (Wildman–Crippen LogP) is 6.41. The molecule has 1 amide bonds. The van der Waals surface area contributed by atoms with Crippen LogP contribution in [-0.2, 0) is 11.0 Å². The van der Waals surface area contributed by atoms with Crippen molar-refractivity contribution in [1.82, 2.24) is 4.90 Å². The highest BCUT2D eigenvalue weighted by Gasteiger charge is 2.31. The van der Waals surface area contributed by atoms with Crippen LogP contribution in [-0.4, -0.2) is 42.2 Å². The molecule has 3 aromatic rings. The lowest BCUT2D eigenvalue weighted by Crippen LogP contribution is -2.47. The van der Waals surface area contributed by atoms with Crippen LogP contribution in [0.5, 0.6) is 0 Å². The van der Waals surface area contributed by atoms with E-state index < -0.39 is 11.7 Å². The molecule has 5 nitrogen and oxygen atoms in total. The summed E-state index contributed by atoms with van der Waals surface area (Å²) in [6.45, 7) is 2.95. The number of aliphatic imine (C=N–C) groups is 1. The van der Waals surface area contributed by atoms with Crippen molar-refractivity contribution in [1.29, 1.82) is 0 Å². The van der Waals surface area contributed by atoms with Gasteiger partial charge in [0, 0.05) is 48.5 Å². The van der Waals surface area contributed by atoms with E-state index in [1.165, 1.54) is 17.8 Å². The molecule has 10 heteroatoms. The fourth-order valence-corrected chi connectivity index (χ4v) is 5.06. The predicted molar refractivity (Wildman–Crippen MR) is 132 cm³/mol. The number of halogens is 4. The molecular formula is C25H19ClF3N3O2S. The number of amides is 1. The van der Waals surface area contributed by atoms with Gasteiger partial charge in [0.2, 0.25) is 0 Å². The van der Waals surface area contributed by atoms with E-state index in [2.05, 4.69) is 14.8 Å². The van der Waals surface area contributed by atoms with Crippen LogP contribution in [0.3, 0.4) is 0 Å². The fraction of sp³-hybridized carbons (Fsp3) is 0.200. The Morgan fingerprint density at radius 1 is 0.971 bits per heavy atom. The molecule has 0 atom stereocenters. The van der Waals surface area contributed by atoms with Crippen molar-refractivity contribution in [3.05, 3.63) is 81.9 Å². The van der Waals surface area contributed by atoms with Crippen LogP contribution in [0, 0.1) is 0 Å². The molecule has 180 valence electrons. The van der Waals surface area contributed by atoms with Crippen LogP contribution in [0.1, 0.15) is 11.3 Å². The molecule has 0 bridgehead atoms. The van der Waals surface area contributed by atoms with E-state index in [0.29, 0.717) is 39.5 Å². The summed E-state index contributed by atoms with van der Waals surface area (Å²) in [7, 11) is 0. The summed E-state index contributed by atoms with van der Waals surface area (Å²) in [5.41, 5.74) is 0.620. The van der Waals surface area contributed by atoms with Gasteiger partial charge < -0.3 is 14.2 Å². The van der Waals surface area contributed by atoms with Crippen molar-refractivity contribution in [3.63, 3.8) is 0 Å². The first-order chi connectivity index (χ1) is 16.8. The molecule has 1 saturated heterocycles. The number of thioether (sulfide) groups is 1. The van der Waals surface area contributed by atoms with E-state index in [4.69, 9.17) is 16.0 Å². The van der Waals surface area contributed by atoms with E-state index in [1.807, 2.05) is 24.3 Å². The first-order valence-electron chi connectivity index (χ1n) is 10.8. The average Bonchev–Trinajstić information content (AvgIpc) is 3.46. The fourth-order valence-electron chi connectivity index (χ4n) is 3.93. The SMILES string of the molecule is O=C1N=C(N2CCN(c3cccc(Cl)c3)CC2)SC1=Cc1ccc(-c2cccc(C(F)(F)F)c2)o1. The van der Waals surface area contributed by atoms with Crippen molar-refractivity contribution in [2.45, 2.75) is 6.18 Å². The molecule has 1 aromatic heterocycles. The molecule has 2 aromatic carbocycles. The Hall–Kier alpha value is -3.17. The summed E-state index contributed by atoms with van der Waals surface area (Å²) < 4.78 is 44.7. The number of benzene rings is 2. The minimum Gasteiger partial charge on any atom is -0.457 e. The van der Waals surface area contributed by atoms with Crippen molar-refractivity contribution >= 4 is 46.2 Å². The van der Waals surface area contributed by atoms with Crippen molar-refractivity contribution < 1.29 is 22.4 Å². The zero-order valence-electron chi connectivity index (χ0n) is 18.3. The number of amidine groups is 1. The highest BCUT2D eigenvalue weighted by Crippen LogP contribution is 2.35. The van der Waals surface area contributed by atoms with Gasteiger partial charge in [0.1, 0.15) is 11.5 Å². The maximum atomic E-state index is 13.0. The largest absolute Gasteiger partial charge is 0.457 e. The smallest absolute Gasteiger partial charge is 0.416 e. The van der Waals surface area contributed by atoms with Crippen molar-refractivity contribution in [2.24, 2.45) is 4.99 Å². The monoisotopic (exact) mass is 517 g/mol. The Morgan fingerprint density at radius 2 is 1.71 bits per heavy atom. The lowest BCUT2D eigenvalue weighted by atomic mass is 10.1. The summed E-state index contributed by atoms with van der Waals surface area (Å²) in [6.07, 6.45) is -2.86. The Balaban J connectivity index is 1.24. The Morgan fingerprint density at radius 3 is 2.46 bits per heavy atom. The van der Waals surface area contributed by atoms with E-state index in [9.17, 15) is 18.0 Å². The molecule has 0 unspecified atom stereocenters. The molecule has 1 fully saturated rings. The molecule has 0 aliphatic carbocycles. The number of furan rings is 1. The first-order valence-corrected chi connectivity index (χ1v) is 12.0. The minimum absolute atomic E-state index is 0.289. The number of carbonyl (C=O) groups is 1. The number of anilines is 1. The summed E-state index contributed by atoms with van der Waals surface area (Å²) in [4.78, 5) is 21.4. The summed E-state index contributed by atoms with van der Waals surface area (Å²) in [5, 5.41) is 1.33.